The van der Waals surface area contributed by atoms with Gasteiger partial charge in [0.05, 0.1) is 25.5 Å². The summed E-state index contributed by atoms with van der Waals surface area (Å²) in [7, 11) is -1.23. The highest BCUT2D eigenvalue weighted by atomic mass is 32.2. The number of piperidine rings is 1. The molecule has 3 rings (SSSR count). The number of anilines is 2. The van der Waals surface area contributed by atoms with Crippen molar-refractivity contribution >= 4 is 27.4 Å². The molecule has 0 spiro atoms. The van der Waals surface area contributed by atoms with E-state index < -0.39 is 16.0 Å². The molecule has 1 saturated heterocycles. The first-order valence-electron chi connectivity index (χ1n) is 9.62. The van der Waals surface area contributed by atoms with Crippen molar-refractivity contribution in [1.82, 2.24) is 0 Å². The van der Waals surface area contributed by atoms with Gasteiger partial charge in [-0.1, -0.05) is 6.92 Å². The Morgan fingerprint density at radius 3 is 2.40 bits per heavy atom. The Balaban J connectivity index is 1.93. The molecular formula is C21H26N2O6S. The third-order valence-corrected chi connectivity index (χ3v) is 6.67. The van der Waals surface area contributed by atoms with Gasteiger partial charge in [-0.15, -0.1) is 0 Å². The van der Waals surface area contributed by atoms with Crippen LogP contribution in [0.1, 0.15) is 30.1 Å². The molecule has 0 unspecified atom stereocenters. The molecule has 0 amide bonds. The second-order valence-corrected chi connectivity index (χ2v) is 8.98. The van der Waals surface area contributed by atoms with Crippen molar-refractivity contribution < 1.29 is 27.8 Å². The highest BCUT2D eigenvalue weighted by molar-refractivity contribution is 7.92. The van der Waals surface area contributed by atoms with Gasteiger partial charge in [-0.3, -0.25) is 4.72 Å². The van der Waals surface area contributed by atoms with Gasteiger partial charge in [0, 0.05) is 24.8 Å². The minimum Gasteiger partial charge on any atom is -0.497 e. The molecule has 1 heterocycles. The van der Waals surface area contributed by atoms with E-state index in [4.69, 9.17) is 9.47 Å². The lowest BCUT2D eigenvalue weighted by Crippen LogP contribution is -2.33. The van der Waals surface area contributed by atoms with Crippen LogP contribution in [0.2, 0.25) is 0 Å². The number of nitrogens with one attached hydrogen (secondary N) is 1. The van der Waals surface area contributed by atoms with E-state index >= 15 is 0 Å². The first-order valence-corrected chi connectivity index (χ1v) is 11.1. The molecule has 0 aromatic heterocycles. The van der Waals surface area contributed by atoms with Gasteiger partial charge in [-0.25, -0.2) is 13.2 Å². The SMILES string of the molecule is COc1ccc(OC)c(S(=O)(=O)Nc2ccc(N3CCC(C)CC3)c(C(=O)O)c2)c1. The predicted octanol–water partition coefficient (Wildman–Crippen LogP) is 3.44. The van der Waals surface area contributed by atoms with Crippen LogP contribution in [-0.2, 0) is 10.0 Å². The lowest BCUT2D eigenvalue weighted by Gasteiger charge is -2.33. The van der Waals surface area contributed by atoms with Crippen LogP contribution >= 0.6 is 0 Å². The van der Waals surface area contributed by atoms with E-state index in [-0.39, 0.29) is 21.9 Å². The Bertz CT molecular complexity index is 1030. The summed E-state index contributed by atoms with van der Waals surface area (Å²) in [6.45, 7) is 3.72. The number of hydrogen-bond acceptors (Lipinski definition) is 6. The van der Waals surface area contributed by atoms with Crippen molar-refractivity contribution in [1.29, 1.82) is 0 Å². The summed E-state index contributed by atoms with van der Waals surface area (Å²) >= 11 is 0. The van der Waals surface area contributed by atoms with Gasteiger partial charge in [0.25, 0.3) is 10.0 Å². The van der Waals surface area contributed by atoms with Gasteiger partial charge in [0.1, 0.15) is 16.4 Å². The van der Waals surface area contributed by atoms with Gasteiger partial charge in [-0.05, 0) is 49.1 Å². The molecule has 0 aliphatic carbocycles. The molecule has 162 valence electrons. The lowest BCUT2D eigenvalue weighted by atomic mass is 9.98. The van der Waals surface area contributed by atoms with E-state index in [0.29, 0.717) is 17.4 Å². The molecule has 0 radical (unpaired) electrons. The maximum atomic E-state index is 12.9. The van der Waals surface area contributed by atoms with E-state index in [9.17, 15) is 18.3 Å². The monoisotopic (exact) mass is 434 g/mol. The molecule has 0 bridgehead atoms. The summed E-state index contributed by atoms with van der Waals surface area (Å²) in [6, 6.07) is 9.01. The Morgan fingerprint density at radius 1 is 1.10 bits per heavy atom. The molecule has 8 nitrogen and oxygen atoms in total. The van der Waals surface area contributed by atoms with Crippen LogP contribution in [0.15, 0.2) is 41.3 Å². The number of sulfonamides is 1. The summed E-state index contributed by atoms with van der Waals surface area (Å²) in [5.74, 6) is 0.0139. The zero-order chi connectivity index (χ0) is 21.9. The summed E-state index contributed by atoms with van der Waals surface area (Å²) in [5.41, 5.74) is 0.810. The number of rotatable bonds is 7. The maximum absolute atomic E-state index is 12.9. The highest BCUT2D eigenvalue weighted by Crippen LogP contribution is 2.32. The minimum absolute atomic E-state index is 0.0577. The van der Waals surface area contributed by atoms with Gasteiger partial charge in [0.15, 0.2) is 0 Å². The van der Waals surface area contributed by atoms with Gasteiger partial charge in [0.2, 0.25) is 0 Å². The Hall–Kier alpha value is -2.94. The standard InChI is InChI=1S/C21H26N2O6S/c1-14-8-10-23(11-9-14)18-6-4-15(12-17(18)21(24)25)22-30(26,27)20-13-16(28-2)5-7-19(20)29-3/h4-7,12-14,22H,8-11H2,1-3H3,(H,24,25). The number of nitrogens with zero attached hydrogens (tertiary/aromatic N) is 1. The van der Waals surface area contributed by atoms with Crippen molar-refractivity contribution in [2.45, 2.75) is 24.7 Å². The fraction of sp³-hybridized carbons (Fsp3) is 0.381. The normalized spacial score (nSPS) is 15.0. The number of aromatic carboxylic acids is 1. The minimum atomic E-state index is -4.04. The number of benzene rings is 2. The second-order valence-electron chi connectivity index (χ2n) is 7.33. The van der Waals surface area contributed by atoms with Gasteiger partial charge in [-0.2, -0.15) is 0 Å². The van der Waals surface area contributed by atoms with Crippen molar-refractivity contribution in [2.24, 2.45) is 5.92 Å². The van der Waals surface area contributed by atoms with Crippen LogP contribution in [-0.4, -0.2) is 46.8 Å². The van der Waals surface area contributed by atoms with E-state index in [1.165, 1.54) is 32.4 Å². The van der Waals surface area contributed by atoms with Crippen LogP contribution in [0, 0.1) is 5.92 Å². The number of carbonyl (C=O) groups is 1. The third kappa shape index (κ3) is 4.62. The second kappa shape index (κ2) is 8.83. The predicted molar refractivity (Wildman–Crippen MR) is 114 cm³/mol. The number of hydrogen-bond donors (Lipinski definition) is 2. The van der Waals surface area contributed by atoms with E-state index in [0.717, 1.165) is 25.9 Å². The summed E-state index contributed by atoms with van der Waals surface area (Å²) in [5, 5.41) is 9.70. The molecule has 1 fully saturated rings. The summed E-state index contributed by atoms with van der Waals surface area (Å²) < 4.78 is 38.6. The van der Waals surface area contributed by atoms with Crippen LogP contribution in [0.3, 0.4) is 0 Å². The Labute approximate surface area is 176 Å². The molecule has 1 aliphatic heterocycles. The molecular weight excluding hydrogens is 408 g/mol. The number of methoxy groups -OCH3 is 2. The van der Waals surface area contributed by atoms with Crippen LogP contribution < -0.4 is 19.1 Å². The van der Waals surface area contributed by atoms with E-state index in [2.05, 4.69) is 11.6 Å². The molecule has 2 N–H and O–H groups in total. The number of carboxylic acid groups (broad SMARTS) is 1. The number of ether oxygens (including phenoxy) is 2. The highest BCUT2D eigenvalue weighted by Gasteiger charge is 2.24. The quantitative estimate of drug-likeness (QED) is 0.688. The topological polar surface area (TPSA) is 105 Å². The third-order valence-electron chi connectivity index (χ3n) is 5.26. The largest absolute Gasteiger partial charge is 0.497 e. The molecule has 2 aromatic carbocycles. The fourth-order valence-electron chi connectivity index (χ4n) is 3.50. The molecule has 0 saturated carbocycles. The van der Waals surface area contributed by atoms with Crippen LogP contribution in [0.4, 0.5) is 11.4 Å². The molecule has 0 atom stereocenters. The Kier molecular flexibility index (Phi) is 6.40. The smallest absolute Gasteiger partial charge is 0.337 e. The summed E-state index contributed by atoms with van der Waals surface area (Å²) in [6.07, 6.45) is 1.98. The maximum Gasteiger partial charge on any atom is 0.337 e. The van der Waals surface area contributed by atoms with Crippen molar-refractivity contribution in [3.63, 3.8) is 0 Å². The molecule has 30 heavy (non-hydrogen) atoms. The van der Waals surface area contributed by atoms with E-state index in [1.54, 1.807) is 18.2 Å². The molecule has 9 heteroatoms. The van der Waals surface area contributed by atoms with Crippen molar-refractivity contribution in [3.8, 4) is 11.5 Å². The lowest BCUT2D eigenvalue weighted by molar-refractivity contribution is 0.0697. The van der Waals surface area contributed by atoms with E-state index in [1.807, 2.05) is 4.90 Å². The van der Waals surface area contributed by atoms with Crippen molar-refractivity contribution in [2.75, 3.05) is 36.9 Å². The zero-order valence-corrected chi connectivity index (χ0v) is 18.0. The van der Waals surface area contributed by atoms with Crippen molar-refractivity contribution in [3.05, 3.63) is 42.0 Å². The van der Waals surface area contributed by atoms with Crippen LogP contribution in [0.25, 0.3) is 0 Å². The molecule has 2 aromatic rings. The fourth-order valence-corrected chi connectivity index (χ4v) is 4.73. The average Bonchev–Trinajstić information content (AvgIpc) is 2.73. The van der Waals surface area contributed by atoms with Gasteiger partial charge >= 0.3 is 5.97 Å². The van der Waals surface area contributed by atoms with Crippen LogP contribution in [0.5, 0.6) is 11.5 Å². The first kappa shape index (κ1) is 21.8. The zero-order valence-electron chi connectivity index (χ0n) is 17.2. The van der Waals surface area contributed by atoms with Gasteiger partial charge < -0.3 is 19.5 Å². The number of carboxylic acids is 1. The Morgan fingerprint density at radius 2 is 1.80 bits per heavy atom. The first-order chi connectivity index (χ1) is 14.2. The molecule has 1 aliphatic rings. The average molecular weight is 435 g/mol. The summed E-state index contributed by atoms with van der Waals surface area (Å²) in [4.78, 5) is 13.8.